The Bertz CT molecular complexity index is 560. The Morgan fingerprint density at radius 1 is 1.45 bits per heavy atom. The maximum absolute atomic E-state index is 14.2. The molecule has 0 saturated carbocycles. The topological polar surface area (TPSA) is 12.0 Å². The minimum Gasteiger partial charge on any atom is -0.305 e. The number of rotatable bonds is 5. The van der Waals surface area contributed by atoms with E-state index in [1.807, 2.05) is 19.1 Å². The lowest BCUT2D eigenvalue weighted by Crippen LogP contribution is -2.23. The summed E-state index contributed by atoms with van der Waals surface area (Å²) in [5.74, 6) is -0.213. The average Bonchev–Trinajstić information content (AvgIpc) is 2.73. The molecule has 2 aromatic rings. The molecule has 0 bridgehead atoms. The number of halogens is 3. The van der Waals surface area contributed by atoms with Gasteiger partial charge in [0, 0.05) is 14.9 Å². The Labute approximate surface area is 136 Å². The van der Waals surface area contributed by atoms with Crippen LogP contribution in [0.15, 0.2) is 28.7 Å². The first-order valence-electron chi connectivity index (χ1n) is 6.47. The molecule has 1 nitrogen and oxygen atoms in total. The predicted molar refractivity (Wildman–Crippen MR) is 88.3 cm³/mol. The van der Waals surface area contributed by atoms with Gasteiger partial charge in [-0.25, -0.2) is 4.39 Å². The van der Waals surface area contributed by atoms with Crippen molar-refractivity contribution in [1.29, 1.82) is 0 Å². The Balaban J connectivity index is 2.47. The van der Waals surface area contributed by atoms with E-state index in [9.17, 15) is 4.39 Å². The van der Waals surface area contributed by atoms with E-state index in [2.05, 4.69) is 28.2 Å². The van der Waals surface area contributed by atoms with Gasteiger partial charge >= 0.3 is 0 Å². The summed E-state index contributed by atoms with van der Waals surface area (Å²) in [7, 11) is 0. The predicted octanol–water partition coefficient (Wildman–Crippen LogP) is 5.70. The van der Waals surface area contributed by atoms with Gasteiger partial charge in [-0.2, -0.15) is 0 Å². The van der Waals surface area contributed by atoms with E-state index < -0.39 is 0 Å². The lowest BCUT2D eigenvalue weighted by molar-refractivity contribution is 0.549. The van der Waals surface area contributed by atoms with Crippen molar-refractivity contribution >= 4 is 38.9 Å². The Morgan fingerprint density at radius 3 is 2.75 bits per heavy atom. The van der Waals surface area contributed by atoms with E-state index in [0.29, 0.717) is 5.56 Å². The van der Waals surface area contributed by atoms with E-state index in [1.54, 1.807) is 6.07 Å². The van der Waals surface area contributed by atoms with Crippen LogP contribution in [-0.4, -0.2) is 6.54 Å². The number of hydrogen-bond donors (Lipinski definition) is 1. The van der Waals surface area contributed by atoms with Crippen molar-refractivity contribution in [2.45, 2.75) is 26.3 Å². The van der Waals surface area contributed by atoms with Gasteiger partial charge in [0.05, 0.1) is 10.4 Å². The van der Waals surface area contributed by atoms with Crippen molar-refractivity contribution in [3.8, 4) is 0 Å². The van der Waals surface area contributed by atoms with Crippen molar-refractivity contribution in [2.75, 3.05) is 6.54 Å². The highest BCUT2D eigenvalue weighted by Gasteiger charge is 2.22. The molecule has 0 aliphatic rings. The largest absolute Gasteiger partial charge is 0.305 e. The van der Waals surface area contributed by atoms with E-state index >= 15 is 0 Å². The molecule has 1 atom stereocenters. The molecule has 0 saturated heterocycles. The first kappa shape index (κ1) is 16.0. The normalized spacial score (nSPS) is 12.7. The summed E-state index contributed by atoms with van der Waals surface area (Å²) in [6.45, 7) is 4.88. The number of nitrogens with one attached hydrogen (secondary N) is 1. The molecular formula is C15H16BrClFNS. The van der Waals surface area contributed by atoms with Gasteiger partial charge in [0.15, 0.2) is 0 Å². The molecule has 108 valence electrons. The van der Waals surface area contributed by atoms with Crippen LogP contribution in [-0.2, 0) is 0 Å². The average molecular weight is 377 g/mol. The van der Waals surface area contributed by atoms with Crippen molar-refractivity contribution < 1.29 is 4.39 Å². The molecule has 1 heterocycles. The minimum atomic E-state index is -0.213. The monoisotopic (exact) mass is 375 g/mol. The molecule has 5 heteroatoms. The van der Waals surface area contributed by atoms with Gasteiger partial charge in [-0.05, 0) is 43.7 Å². The molecule has 0 radical (unpaired) electrons. The highest BCUT2D eigenvalue weighted by molar-refractivity contribution is 9.10. The number of benzene rings is 1. The second kappa shape index (κ2) is 7.03. The fourth-order valence-electron chi connectivity index (χ4n) is 2.05. The Hall–Kier alpha value is -0.420. The van der Waals surface area contributed by atoms with Gasteiger partial charge < -0.3 is 5.32 Å². The van der Waals surface area contributed by atoms with Gasteiger partial charge in [0.2, 0.25) is 0 Å². The summed E-state index contributed by atoms with van der Waals surface area (Å²) in [6.07, 6.45) is 0.987. The molecule has 0 fully saturated rings. The maximum atomic E-state index is 14.2. The minimum absolute atomic E-state index is 0.179. The van der Waals surface area contributed by atoms with Crippen LogP contribution in [0.3, 0.4) is 0 Å². The molecule has 0 aliphatic heterocycles. The van der Waals surface area contributed by atoms with Crippen LogP contribution in [0.2, 0.25) is 4.34 Å². The van der Waals surface area contributed by atoms with Crippen LogP contribution >= 0.6 is 38.9 Å². The van der Waals surface area contributed by atoms with Gasteiger partial charge in [-0.15, -0.1) is 11.3 Å². The maximum Gasteiger partial charge on any atom is 0.129 e. The lowest BCUT2D eigenvalue weighted by atomic mass is 10.0. The first-order valence-corrected chi connectivity index (χ1v) is 8.46. The number of hydrogen-bond acceptors (Lipinski definition) is 2. The van der Waals surface area contributed by atoms with Crippen LogP contribution < -0.4 is 5.32 Å². The molecular weight excluding hydrogens is 361 g/mol. The van der Waals surface area contributed by atoms with E-state index in [4.69, 9.17) is 11.6 Å². The fourth-order valence-corrected chi connectivity index (χ4v) is 3.92. The summed E-state index contributed by atoms with van der Waals surface area (Å²) >= 11 is 11.1. The lowest BCUT2D eigenvalue weighted by Gasteiger charge is -2.19. The van der Waals surface area contributed by atoms with Crippen LogP contribution in [0.1, 0.15) is 35.4 Å². The van der Waals surface area contributed by atoms with E-state index in [1.165, 1.54) is 17.4 Å². The highest BCUT2D eigenvalue weighted by atomic mass is 79.9. The van der Waals surface area contributed by atoms with Gasteiger partial charge in [0.25, 0.3) is 0 Å². The smallest absolute Gasteiger partial charge is 0.129 e. The first-order chi connectivity index (χ1) is 9.54. The molecule has 1 aromatic carbocycles. The second-order valence-corrected chi connectivity index (χ2v) is 7.17. The Kier molecular flexibility index (Phi) is 5.61. The molecule has 1 aromatic heterocycles. The van der Waals surface area contributed by atoms with Crippen molar-refractivity contribution in [3.63, 3.8) is 0 Å². The second-order valence-electron chi connectivity index (χ2n) is 4.63. The van der Waals surface area contributed by atoms with Crippen LogP contribution in [0.25, 0.3) is 0 Å². The van der Waals surface area contributed by atoms with Crippen molar-refractivity contribution in [3.05, 3.63) is 54.9 Å². The zero-order chi connectivity index (χ0) is 14.7. The molecule has 0 aliphatic carbocycles. The number of thiophene rings is 1. The van der Waals surface area contributed by atoms with Crippen LogP contribution in [0, 0.1) is 12.7 Å². The summed E-state index contributed by atoms with van der Waals surface area (Å²) in [4.78, 5) is 1.03. The SMILES string of the molecule is CCCNC(c1cc(C)c(Cl)s1)c1c(F)cccc1Br. The molecule has 0 spiro atoms. The van der Waals surface area contributed by atoms with E-state index in [0.717, 1.165) is 32.2 Å². The van der Waals surface area contributed by atoms with Crippen LogP contribution in [0.4, 0.5) is 4.39 Å². The summed E-state index contributed by atoms with van der Waals surface area (Å²) < 4.78 is 15.8. The zero-order valence-electron chi connectivity index (χ0n) is 11.3. The van der Waals surface area contributed by atoms with Crippen molar-refractivity contribution in [2.24, 2.45) is 0 Å². The quantitative estimate of drug-likeness (QED) is 0.705. The molecule has 1 unspecified atom stereocenters. The van der Waals surface area contributed by atoms with Gasteiger partial charge in [-0.3, -0.25) is 0 Å². The zero-order valence-corrected chi connectivity index (χ0v) is 14.5. The van der Waals surface area contributed by atoms with Gasteiger partial charge in [-0.1, -0.05) is 40.5 Å². The molecule has 0 amide bonds. The van der Waals surface area contributed by atoms with Crippen LogP contribution in [0.5, 0.6) is 0 Å². The summed E-state index contributed by atoms with van der Waals surface area (Å²) in [6, 6.07) is 6.90. The molecule has 2 rings (SSSR count). The summed E-state index contributed by atoms with van der Waals surface area (Å²) in [5.41, 5.74) is 1.67. The third-order valence-corrected chi connectivity index (χ3v) is 5.36. The highest BCUT2D eigenvalue weighted by Crippen LogP contribution is 2.37. The molecule has 20 heavy (non-hydrogen) atoms. The third-order valence-electron chi connectivity index (χ3n) is 3.05. The third kappa shape index (κ3) is 3.42. The van der Waals surface area contributed by atoms with Crippen molar-refractivity contribution in [1.82, 2.24) is 5.32 Å². The van der Waals surface area contributed by atoms with Gasteiger partial charge in [0.1, 0.15) is 5.82 Å². The summed E-state index contributed by atoms with van der Waals surface area (Å²) in [5, 5.41) is 3.41. The standard InChI is InChI=1S/C15H16BrClFNS/c1-3-7-19-14(12-8-9(2)15(17)20-12)13-10(16)5-4-6-11(13)18/h4-6,8,14,19H,3,7H2,1-2H3. The van der Waals surface area contributed by atoms with E-state index in [-0.39, 0.29) is 11.9 Å². The molecule has 1 N–H and O–H groups in total. The number of aryl methyl sites for hydroxylation is 1. The fraction of sp³-hybridized carbons (Fsp3) is 0.333. The Morgan fingerprint density at radius 2 is 2.20 bits per heavy atom.